The molecular formula is C20H32N4O. The largest absolute Gasteiger partial charge is 0.493 e. The molecule has 3 rings (SSSR count). The van der Waals surface area contributed by atoms with Crippen LogP contribution >= 0.6 is 0 Å². The molecule has 138 valence electrons. The molecule has 1 saturated heterocycles. The van der Waals surface area contributed by atoms with Crippen molar-refractivity contribution in [3.63, 3.8) is 0 Å². The molecule has 1 aromatic carbocycles. The maximum absolute atomic E-state index is 5.57. The molecule has 0 amide bonds. The number of likely N-dealkylation sites (tertiary alicyclic amines) is 1. The molecule has 2 aliphatic heterocycles. The van der Waals surface area contributed by atoms with E-state index in [0.717, 1.165) is 50.8 Å². The number of benzene rings is 1. The quantitative estimate of drug-likeness (QED) is 0.614. The number of fused-ring (bicyclic) bond motifs is 1. The lowest BCUT2D eigenvalue weighted by Gasteiger charge is -2.33. The number of rotatable bonds is 6. The molecule has 1 atom stereocenters. The summed E-state index contributed by atoms with van der Waals surface area (Å²) >= 11 is 0. The summed E-state index contributed by atoms with van der Waals surface area (Å²) < 4.78 is 5.57. The Morgan fingerprint density at radius 2 is 2.16 bits per heavy atom. The summed E-state index contributed by atoms with van der Waals surface area (Å²) in [6.45, 7) is 7.32. The molecular weight excluding hydrogens is 312 g/mol. The highest BCUT2D eigenvalue weighted by atomic mass is 16.5. The molecule has 5 nitrogen and oxygen atoms in total. The van der Waals surface area contributed by atoms with Crippen LogP contribution in [0.3, 0.4) is 0 Å². The van der Waals surface area contributed by atoms with E-state index in [1.54, 1.807) is 0 Å². The van der Waals surface area contributed by atoms with Crippen LogP contribution in [0.1, 0.15) is 37.3 Å². The molecule has 0 bridgehead atoms. The molecule has 0 spiro atoms. The molecule has 2 aliphatic rings. The minimum absolute atomic E-state index is 0.717. The Kier molecular flexibility index (Phi) is 6.56. The molecule has 1 unspecified atom stereocenters. The number of aliphatic imine (C=N–C) groups is 1. The number of guanidine groups is 1. The van der Waals surface area contributed by atoms with Crippen molar-refractivity contribution in [2.24, 2.45) is 4.99 Å². The number of hydrogen-bond acceptors (Lipinski definition) is 3. The summed E-state index contributed by atoms with van der Waals surface area (Å²) in [7, 11) is 1.84. The van der Waals surface area contributed by atoms with E-state index in [9.17, 15) is 0 Å². The van der Waals surface area contributed by atoms with Crippen LogP contribution in [-0.2, 0) is 12.8 Å². The van der Waals surface area contributed by atoms with Crippen molar-refractivity contribution in [3.8, 4) is 5.75 Å². The monoisotopic (exact) mass is 344 g/mol. The van der Waals surface area contributed by atoms with Crippen molar-refractivity contribution >= 4 is 5.96 Å². The van der Waals surface area contributed by atoms with Gasteiger partial charge in [0.25, 0.3) is 0 Å². The summed E-state index contributed by atoms with van der Waals surface area (Å²) in [5, 5.41) is 6.87. The number of nitrogens with one attached hydrogen (secondary N) is 2. The average molecular weight is 345 g/mol. The van der Waals surface area contributed by atoms with Gasteiger partial charge in [-0.3, -0.25) is 9.89 Å². The predicted octanol–water partition coefficient (Wildman–Crippen LogP) is 2.20. The third-order valence-electron chi connectivity index (χ3n) is 5.32. The Balaban J connectivity index is 1.36. The minimum Gasteiger partial charge on any atom is -0.493 e. The standard InChI is InChI=1S/C20H32N4O/c1-16-5-3-4-12-24(16)13-11-23-20(21-2)22-10-8-17-6-7-19-18(15-17)9-14-25-19/h6-7,15-16H,3-5,8-14H2,1-2H3,(H2,21,22,23). The second kappa shape index (κ2) is 9.09. The molecule has 5 heteroatoms. The van der Waals surface area contributed by atoms with Crippen LogP contribution in [0.5, 0.6) is 5.75 Å². The molecule has 0 saturated carbocycles. The van der Waals surface area contributed by atoms with E-state index < -0.39 is 0 Å². The van der Waals surface area contributed by atoms with E-state index >= 15 is 0 Å². The normalized spacial score (nSPS) is 20.9. The van der Waals surface area contributed by atoms with Gasteiger partial charge in [-0.25, -0.2) is 0 Å². The molecule has 25 heavy (non-hydrogen) atoms. The highest BCUT2D eigenvalue weighted by Crippen LogP contribution is 2.25. The fourth-order valence-corrected chi connectivity index (χ4v) is 3.75. The Labute approximate surface area is 151 Å². The summed E-state index contributed by atoms with van der Waals surface area (Å²) in [6, 6.07) is 7.26. The average Bonchev–Trinajstić information content (AvgIpc) is 3.09. The van der Waals surface area contributed by atoms with Crippen LogP contribution in [0.25, 0.3) is 0 Å². The second-order valence-corrected chi connectivity index (χ2v) is 7.10. The third-order valence-corrected chi connectivity index (χ3v) is 5.32. The van der Waals surface area contributed by atoms with Gasteiger partial charge in [0, 0.05) is 39.1 Å². The molecule has 2 heterocycles. The Morgan fingerprint density at radius 3 is 3.00 bits per heavy atom. The van der Waals surface area contributed by atoms with Gasteiger partial charge in [-0.1, -0.05) is 18.6 Å². The van der Waals surface area contributed by atoms with Crippen molar-refractivity contribution < 1.29 is 4.74 Å². The highest BCUT2D eigenvalue weighted by molar-refractivity contribution is 5.79. The van der Waals surface area contributed by atoms with Gasteiger partial charge < -0.3 is 15.4 Å². The summed E-state index contributed by atoms with van der Waals surface area (Å²) in [5.41, 5.74) is 2.70. The van der Waals surface area contributed by atoms with Gasteiger partial charge >= 0.3 is 0 Å². The van der Waals surface area contributed by atoms with E-state index in [0.29, 0.717) is 6.04 Å². The van der Waals surface area contributed by atoms with E-state index in [1.807, 2.05) is 7.05 Å². The third kappa shape index (κ3) is 5.11. The van der Waals surface area contributed by atoms with Crippen LogP contribution in [-0.4, -0.2) is 56.7 Å². The topological polar surface area (TPSA) is 48.9 Å². The van der Waals surface area contributed by atoms with Crippen molar-refractivity contribution in [2.45, 2.75) is 45.1 Å². The van der Waals surface area contributed by atoms with Crippen molar-refractivity contribution in [3.05, 3.63) is 29.3 Å². The fraction of sp³-hybridized carbons (Fsp3) is 0.650. The van der Waals surface area contributed by atoms with Crippen LogP contribution in [0.4, 0.5) is 0 Å². The molecule has 2 N–H and O–H groups in total. The summed E-state index contributed by atoms with van der Waals surface area (Å²) in [5.74, 6) is 1.95. The molecule has 0 aromatic heterocycles. The minimum atomic E-state index is 0.717. The van der Waals surface area contributed by atoms with E-state index in [1.165, 1.54) is 36.9 Å². The van der Waals surface area contributed by atoms with Crippen LogP contribution in [0, 0.1) is 0 Å². The van der Waals surface area contributed by atoms with Crippen molar-refractivity contribution in [1.29, 1.82) is 0 Å². The Hall–Kier alpha value is -1.75. The van der Waals surface area contributed by atoms with Gasteiger partial charge in [0.15, 0.2) is 5.96 Å². The second-order valence-electron chi connectivity index (χ2n) is 7.10. The maximum Gasteiger partial charge on any atom is 0.191 e. The molecule has 1 aromatic rings. The van der Waals surface area contributed by atoms with Gasteiger partial charge in [0.05, 0.1) is 6.61 Å². The van der Waals surface area contributed by atoms with Crippen molar-refractivity contribution in [1.82, 2.24) is 15.5 Å². The van der Waals surface area contributed by atoms with Gasteiger partial charge in [-0.15, -0.1) is 0 Å². The number of nitrogens with zero attached hydrogens (tertiary/aromatic N) is 2. The molecule has 1 fully saturated rings. The van der Waals surface area contributed by atoms with Crippen LogP contribution in [0.2, 0.25) is 0 Å². The Bertz CT molecular complexity index is 587. The van der Waals surface area contributed by atoms with E-state index in [2.05, 4.69) is 45.6 Å². The lowest BCUT2D eigenvalue weighted by Crippen LogP contribution is -2.45. The smallest absolute Gasteiger partial charge is 0.191 e. The van der Waals surface area contributed by atoms with Gasteiger partial charge in [-0.05, 0) is 49.9 Å². The van der Waals surface area contributed by atoms with Gasteiger partial charge in [0.1, 0.15) is 5.75 Å². The van der Waals surface area contributed by atoms with E-state index in [-0.39, 0.29) is 0 Å². The van der Waals surface area contributed by atoms with Crippen molar-refractivity contribution in [2.75, 3.05) is 39.8 Å². The van der Waals surface area contributed by atoms with Crippen LogP contribution in [0.15, 0.2) is 23.2 Å². The number of hydrogen-bond donors (Lipinski definition) is 2. The lowest BCUT2D eigenvalue weighted by molar-refractivity contribution is 0.163. The number of piperidine rings is 1. The first-order valence-electron chi connectivity index (χ1n) is 9.69. The summed E-state index contributed by atoms with van der Waals surface area (Å²) in [6.07, 6.45) is 6.08. The van der Waals surface area contributed by atoms with Gasteiger partial charge in [-0.2, -0.15) is 0 Å². The van der Waals surface area contributed by atoms with Gasteiger partial charge in [0.2, 0.25) is 0 Å². The van der Waals surface area contributed by atoms with Crippen LogP contribution < -0.4 is 15.4 Å². The maximum atomic E-state index is 5.57. The SMILES string of the molecule is CN=C(NCCc1ccc2c(c1)CCO2)NCCN1CCCCC1C. The first kappa shape index (κ1) is 18.1. The van der Waals surface area contributed by atoms with E-state index in [4.69, 9.17) is 4.74 Å². The zero-order chi connectivity index (χ0) is 17.5. The predicted molar refractivity (Wildman–Crippen MR) is 104 cm³/mol. The molecule has 0 radical (unpaired) electrons. The highest BCUT2D eigenvalue weighted by Gasteiger charge is 2.17. The number of ether oxygens (including phenoxy) is 1. The first-order valence-corrected chi connectivity index (χ1v) is 9.69. The zero-order valence-corrected chi connectivity index (χ0v) is 15.7. The lowest BCUT2D eigenvalue weighted by atomic mass is 10.0. The zero-order valence-electron chi connectivity index (χ0n) is 15.7. The summed E-state index contributed by atoms with van der Waals surface area (Å²) in [4.78, 5) is 6.91. The fourth-order valence-electron chi connectivity index (χ4n) is 3.75. The Morgan fingerprint density at radius 1 is 1.28 bits per heavy atom. The molecule has 0 aliphatic carbocycles. The first-order chi connectivity index (χ1) is 12.3.